The van der Waals surface area contributed by atoms with Gasteiger partial charge in [-0.3, -0.25) is 15.2 Å². The fraction of sp³-hybridized carbons (Fsp3) is 0.0312. The van der Waals surface area contributed by atoms with Gasteiger partial charge < -0.3 is 21.5 Å². The van der Waals surface area contributed by atoms with Crippen molar-refractivity contribution in [2.24, 2.45) is 5.73 Å². The summed E-state index contributed by atoms with van der Waals surface area (Å²) in [5.41, 5.74) is 17.2. The number of anilines is 1. The molecule has 0 bridgehead atoms. The lowest BCUT2D eigenvalue weighted by molar-refractivity contribution is 0.0951. The summed E-state index contributed by atoms with van der Waals surface area (Å²) < 4.78 is 5.88. The first kappa shape index (κ1) is 25.2. The van der Waals surface area contributed by atoms with Gasteiger partial charge in [0.25, 0.3) is 5.91 Å². The summed E-state index contributed by atoms with van der Waals surface area (Å²) in [7, 11) is 0. The lowest BCUT2D eigenvalue weighted by Crippen LogP contribution is -2.22. The Balaban J connectivity index is 1.41. The van der Waals surface area contributed by atoms with Crippen molar-refractivity contribution in [3.8, 4) is 33.9 Å². The van der Waals surface area contributed by atoms with Gasteiger partial charge in [0.2, 0.25) is 0 Å². The van der Waals surface area contributed by atoms with Crippen molar-refractivity contribution in [1.29, 1.82) is 5.41 Å². The number of nitrogen functional groups attached to an aromatic ring is 2. The quantitative estimate of drug-likeness (QED) is 0.149. The number of carbonyl (C=O) groups excluding carboxylic acids is 1. The topological polar surface area (TPSA) is 127 Å². The molecule has 0 aliphatic carbocycles. The van der Waals surface area contributed by atoms with Crippen molar-refractivity contribution in [3.63, 3.8) is 0 Å². The third-order valence-electron chi connectivity index (χ3n) is 6.23. The average molecular weight is 514 g/mol. The van der Waals surface area contributed by atoms with Gasteiger partial charge in [-0.1, -0.05) is 60.7 Å². The highest BCUT2D eigenvalue weighted by molar-refractivity contribution is 6.08. The summed E-state index contributed by atoms with van der Waals surface area (Å²) in [4.78, 5) is 17.5. The molecule has 5 rings (SSSR count). The number of nitrogens with one attached hydrogen (secondary N) is 2. The molecule has 0 unspecified atom stereocenters. The molecule has 0 spiro atoms. The lowest BCUT2D eigenvalue weighted by atomic mass is 9.96. The van der Waals surface area contributed by atoms with Crippen molar-refractivity contribution in [1.82, 2.24) is 10.3 Å². The number of nitrogens with two attached hydrogens (primary N) is 2. The summed E-state index contributed by atoms with van der Waals surface area (Å²) in [6.45, 7) is 0.423. The zero-order valence-electron chi connectivity index (χ0n) is 21.1. The van der Waals surface area contributed by atoms with E-state index in [0.717, 1.165) is 16.9 Å². The average Bonchev–Trinajstić information content (AvgIpc) is 2.97. The molecule has 192 valence electrons. The predicted molar refractivity (Wildman–Crippen MR) is 155 cm³/mol. The van der Waals surface area contributed by atoms with E-state index in [0.29, 0.717) is 45.9 Å². The number of rotatable bonds is 8. The molecule has 0 fully saturated rings. The first-order valence-corrected chi connectivity index (χ1v) is 12.4. The van der Waals surface area contributed by atoms with Crippen molar-refractivity contribution in [3.05, 3.63) is 132 Å². The molecule has 7 nitrogen and oxygen atoms in total. The molecular formula is C32H27N5O2. The molecule has 5 aromatic rings. The van der Waals surface area contributed by atoms with Crippen LogP contribution in [0.25, 0.3) is 22.4 Å². The van der Waals surface area contributed by atoms with Crippen LogP contribution in [0.2, 0.25) is 0 Å². The number of pyridine rings is 1. The number of ether oxygens (including phenoxy) is 1. The SMILES string of the molecule is N=C(N)c1c(-c2ccc(Oc3ccccc3)cc2)ncc(-c2cccc(C(=O)NCc3ccccc3)c2)c1N. The zero-order valence-corrected chi connectivity index (χ0v) is 21.1. The van der Waals surface area contributed by atoms with Crippen LogP contribution in [0.3, 0.4) is 0 Å². The molecule has 0 aliphatic heterocycles. The number of hydrogen-bond acceptors (Lipinski definition) is 5. The van der Waals surface area contributed by atoms with Crippen LogP contribution in [0.5, 0.6) is 11.5 Å². The Bertz CT molecular complexity index is 1620. The number of hydrogen-bond donors (Lipinski definition) is 4. The number of para-hydroxylation sites is 1. The van der Waals surface area contributed by atoms with Gasteiger partial charge in [0.1, 0.15) is 17.3 Å². The highest BCUT2D eigenvalue weighted by Crippen LogP contribution is 2.35. The summed E-state index contributed by atoms with van der Waals surface area (Å²) in [5.74, 6) is 1.00. The van der Waals surface area contributed by atoms with E-state index in [1.165, 1.54) is 0 Å². The number of aromatic nitrogens is 1. The van der Waals surface area contributed by atoms with Gasteiger partial charge in [-0.25, -0.2) is 0 Å². The number of nitrogens with zero attached hydrogens (tertiary/aromatic N) is 1. The van der Waals surface area contributed by atoms with E-state index in [1.807, 2.05) is 91.0 Å². The fourth-order valence-electron chi connectivity index (χ4n) is 4.26. The minimum absolute atomic E-state index is 0.196. The van der Waals surface area contributed by atoms with Crippen LogP contribution in [-0.2, 0) is 6.54 Å². The number of amidine groups is 1. The Morgan fingerprint density at radius 2 is 1.49 bits per heavy atom. The Hall–Kier alpha value is -5.43. The van der Waals surface area contributed by atoms with Crippen LogP contribution in [0, 0.1) is 5.41 Å². The van der Waals surface area contributed by atoms with Gasteiger partial charge in [0, 0.05) is 29.4 Å². The molecule has 7 heteroatoms. The first-order chi connectivity index (χ1) is 19.0. The number of amides is 1. The van der Waals surface area contributed by atoms with E-state index in [1.54, 1.807) is 24.4 Å². The van der Waals surface area contributed by atoms with Crippen LogP contribution in [0.4, 0.5) is 5.69 Å². The third kappa shape index (κ3) is 5.78. The number of carbonyl (C=O) groups is 1. The van der Waals surface area contributed by atoms with Crippen LogP contribution in [0.15, 0.2) is 115 Å². The van der Waals surface area contributed by atoms with Crippen molar-refractivity contribution >= 4 is 17.4 Å². The van der Waals surface area contributed by atoms with Gasteiger partial charge in [-0.15, -0.1) is 0 Å². The molecule has 1 amide bonds. The second kappa shape index (κ2) is 11.3. The molecule has 0 aliphatic rings. The third-order valence-corrected chi connectivity index (χ3v) is 6.23. The first-order valence-electron chi connectivity index (χ1n) is 12.4. The predicted octanol–water partition coefficient (Wildman–Crippen LogP) is 6.00. The molecule has 39 heavy (non-hydrogen) atoms. The number of benzene rings is 4. The Kier molecular flexibility index (Phi) is 7.32. The Labute approximate surface area is 226 Å². The highest BCUT2D eigenvalue weighted by atomic mass is 16.5. The molecule has 0 radical (unpaired) electrons. The maximum atomic E-state index is 12.8. The van der Waals surface area contributed by atoms with E-state index >= 15 is 0 Å². The van der Waals surface area contributed by atoms with Crippen molar-refractivity contribution in [2.45, 2.75) is 6.54 Å². The van der Waals surface area contributed by atoms with Gasteiger partial charge in [0.05, 0.1) is 16.9 Å². The van der Waals surface area contributed by atoms with E-state index in [2.05, 4.69) is 10.3 Å². The van der Waals surface area contributed by atoms with Gasteiger partial charge in [-0.05, 0) is 59.7 Å². The summed E-state index contributed by atoms with van der Waals surface area (Å²) in [6, 6.07) is 33.7. The lowest BCUT2D eigenvalue weighted by Gasteiger charge is -2.15. The highest BCUT2D eigenvalue weighted by Gasteiger charge is 2.18. The maximum absolute atomic E-state index is 12.8. The van der Waals surface area contributed by atoms with E-state index in [9.17, 15) is 4.79 Å². The minimum atomic E-state index is -0.201. The normalized spacial score (nSPS) is 10.6. The second-order valence-electron chi connectivity index (χ2n) is 8.91. The van der Waals surface area contributed by atoms with Crippen LogP contribution in [0.1, 0.15) is 21.5 Å². The second-order valence-corrected chi connectivity index (χ2v) is 8.91. The molecule has 0 atom stereocenters. The maximum Gasteiger partial charge on any atom is 0.251 e. The van der Waals surface area contributed by atoms with Crippen LogP contribution >= 0.6 is 0 Å². The van der Waals surface area contributed by atoms with Crippen molar-refractivity contribution < 1.29 is 9.53 Å². The standard InChI is InChI=1S/C32H27N5O2/c33-29-27(23-10-7-11-24(18-23)32(38)37-19-21-8-3-1-4-9-21)20-36-30(28(29)31(34)35)22-14-16-26(17-15-22)39-25-12-5-2-6-13-25/h1-18,20H,19H2,(H2,33,36)(H3,34,35)(H,37,38). The molecule has 0 saturated carbocycles. The minimum Gasteiger partial charge on any atom is -0.457 e. The monoisotopic (exact) mass is 513 g/mol. The molecule has 0 saturated heterocycles. The van der Waals surface area contributed by atoms with E-state index in [4.69, 9.17) is 21.6 Å². The van der Waals surface area contributed by atoms with Gasteiger partial charge >= 0.3 is 0 Å². The van der Waals surface area contributed by atoms with Gasteiger partial charge in [-0.2, -0.15) is 0 Å². The Morgan fingerprint density at radius 3 is 2.18 bits per heavy atom. The Morgan fingerprint density at radius 1 is 0.821 bits per heavy atom. The molecule has 4 aromatic carbocycles. The smallest absolute Gasteiger partial charge is 0.251 e. The molecule has 1 heterocycles. The van der Waals surface area contributed by atoms with Gasteiger partial charge in [0.15, 0.2) is 0 Å². The van der Waals surface area contributed by atoms with E-state index in [-0.39, 0.29) is 11.7 Å². The summed E-state index contributed by atoms with van der Waals surface area (Å²) >= 11 is 0. The largest absolute Gasteiger partial charge is 0.457 e. The molecule has 1 aromatic heterocycles. The van der Waals surface area contributed by atoms with Crippen molar-refractivity contribution in [2.75, 3.05) is 5.73 Å². The zero-order chi connectivity index (χ0) is 27.2. The molecular weight excluding hydrogens is 486 g/mol. The van der Waals surface area contributed by atoms with E-state index < -0.39 is 0 Å². The summed E-state index contributed by atoms with van der Waals surface area (Å²) in [5, 5.41) is 11.2. The van der Waals surface area contributed by atoms with Crippen LogP contribution in [-0.4, -0.2) is 16.7 Å². The molecule has 6 N–H and O–H groups in total. The fourth-order valence-corrected chi connectivity index (χ4v) is 4.26. The van der Waals surface area contributed by atoms with Crippen LogP contribution < -0.4 is 21.5 Å². The summed E-state index contributed by atoms with van der Waals surface area (Å²) in [6.07, 6.45) is 1.65.